The summed E-state index contributed by atoms with van der Waals surface area (Å²) in [6.45, 7) is 4.85. The van der Waals surface area contributed by atoms with E-state index in [1.165, 1.54) is 32.1 Å². The maximum atomic E-state index is 16.1. The zero-order valence-corrected chi connectivity index (χ0v) is 24.7. The van der Waals surface area contributed by atoms with Crippen LogP contribution in [0, 0.1) is 17.8 Å². The van der Waals surface area contributed by atoms with Crippen molar-refractivity contribution in [1.82, 2.24) is 20.0 Å². The number of amides is 1. The van der Waals surface area contributed by atoms with Gasteiger partial charge in [-0.1, -0.05) is 12.8 Å². The third kappa shape index (κ3) is 4.66. The lowest BCUT2D eigenvalue weighted by molar-refractivity contribution is -0.209. The molecule has 232 valence electrons. The van der Waals surface area contributed by atoms with Crippen LogP contribution in [-0.4, -0.2) is 120 Å². The van der Waals surface area contributed by atoms with E-state index < -0.39 is 24.2 Å². The van der Waals surface area contributed by atoms with E-state index in [2.05, 4.69) is 15.1 Å². The number of hydrogen-bond donors (Lipinski definition) is 2. The first-order valence-corrected chi connectivity index (χ1v) is 17.0. The topological polar surface area (TPSA) is 100 Å². The molecule has 12 atom stereocenters. The van der Waals surface area contributed by atoms with Gasteiger partial charge in [-0.25, -0.2) is 4.39 Å². The van der Waals surface area contributed by atoms with Gasteiger partial charge in [0.25, 0.3) is 5.91 Å². The van der Waals surface area contributed by atoms with E-state index in [0.29, 0.717) is 37.6 Å². The van der Waals surface area contributed by atoms with Crippen LogP contribution >= 0.6 is 0 Å². The van der Waals surface area contributed by atoms with Gasteiger partial charge in [0.05, 0.1) is 48.1 Å². The summed E-state index contributed by atoms with van der Waals surface area (Å²) in [6, 6.07) is -0.776. The summed E-state index contributed by atoms with van der Waals surface area (Å²) in [6.07, 6.45) is 10.6. The van der Waals surface area contributed by atoms with Gasteiger partial charge in [0.15, 0.2) is 5.78 Å². The fraction of sp³-hybridized carbons (Fsp3) is 0.875. The molecule has 0 aromatic rings. The lowest BCUT2D eigenvalue weighted by Crippen LogP contribution is -2.73. The van der Waals surface area contributed by atoms with Gasteiger partial charge < -0.3 is 35.2 Å². The summed E-state index contributed by atoms with van der Waals surface area (Å²) in [5.41, 5.74) is 6.32. The maximum absolute atomic E-state index is 16.1. The smallest absolute Gasteiger partial charge is 0.259 e. The van der Waals surface area contributed by atoms with Crippen LogP contribution in [0.1, 0.15) is 64.2 Å². The van der Waals surface area contributed by atoms with Gasteiger partial charge in [0.2, 0.25) is 0 Å². The van der Waals surface area contributed by atoms with Crippen molar-refractivity contribution in [3.05, 3.63) is 11.8 Å². The Morgan fingerprint density at radius 1 is 0.976 bits per heavy atom. The first-order valence-electron chi connectivity index (χ1n) is 17.0. The number of nitrogens with two attached hydrogens (primary N) is 1. The molecule has 0 aromatic heterocycles. The van der Waals surface area contributed by atoms with Crippen molar-refractivity contribution in [2.24, 2.45) is 23.5 Å². The highest BCUT2D eigenvalue weighted by Crippen LogP contribution is 2.52. The van der Waals surface area contributed by atoms with Crippen molar-refractivity contribution in [2.75, 3.05) is 39.3 Å². The van der Waals surface area contributed by atoms with Gasteiger partial charge in [-0.3, -0.25) is 9.59 Å². The highest BCUT2D eigenvalue weighted by Gasteiger charge is 2.61. The SMILES string of the molecule is NC1CCN(C(=O)C2=CN3C4CC5OC6CCCCC6C5CC4OC4C(NCCN5CCCC5)C(F)CC(C2=O)C43)C1. The number of ether oxygens (including phenoxy) is 2. The molecule has 9 nitrogen and oxygen atoms in total. The maximum Gasteiger partial charge on any atom is 0.259 e. The highest BCUT2D eigenvalue weighted by atomic mass is 19.1. The molecule has 7 fully saturated rings. The summed E-state index contributed by atoms with van der Waals surface area (Å²) in [5, 5.41) is 3.56. The van der Waals surface area contributed by atoms with Crippen LogP contribution in [0.2, 0.25) is 0 Å². The highest BCUT2D eigenvalue weighted by molar-refractivity contribution is 6.20. The van der Waals surface area contributed by atoms with E-state index in [1.807, 2.05) is 6.20 Å². The summed E-state index contributed by atoms with van der Waals surface area (Å²) in [7, 11) is 0. The number of carbonyl (C=O) groups excluding carboxylic acids is 2. The molecular weight excluding hydrogens is 537 g/mol. The molecule has 42 heavy (non-hydrogen) atoms. The number of carbonyl (C=O) groups is 2. The number of nitrogens with zero attached hydrogens (tertiary/aromatic N) is 3. The average molecular weight is 586 g/mol. The molecular formula is C32H48FN5O4. The number of Topliss-reactive ketones (excluding diaryl/α,β-unsaturated/α-hetero) is 1. The van der Waals surface area contributed by atoms with E-state index in [9.17, 15) is 9.59 Å². The summed E-state index contributed by atoms with van der Waals surface area (Å²) in [4.78, 5) is 34.1. The van der Waals surface area contributed by atoms with Crippen LogP contribution in [0.4, 0.5) is 4.39 Å². The Morgan fingerprint density at radius 2 is 1.81 bits per heavy atom. The molecule has 3 N–H and O–H groups in total. The molecule has 5 aliphatic heterocycles. The van der Waals surface area contributed by atoms with Crippen molar-refractivity contribution < 1.29 is 23.5 Å². The van der Waals surface area contributed by atoms with Gasteiger partial charge in [-0.05, 0) is 76.3 Å². The number of alkyl halides is 1. The van der Waals surface area contributed by atoms with Crippen LogP contribution in [0.3, 0.4) is 0 Å². The van der Waals surface area contributed by atoms with Gasteiger partial charge in [-0.15, -0.1) is 0 Å². The fourth-order valence-electron chi connectivity index (χ4n) is 10.2. The van der Waals surface area contributed by atoms with E-state index >= 15 is 4.39 Å². The minimum Gasteiger partial charge on any atom is -0.374 e. The van der Waals surface area contributed by atoms with E-state index in [-0.39, 0.29) is 54.0 Å². The van der Waals surface area contributed by atoms with Crippen molar-refractivity contribution in [1.29, 1.82) is 0 Å². The van der Waals surface area contributed by atoms with Crippen molar-refractivity contribution >= 4 is 11.7 Å². The van der Waals surface area contributed by atoms with E-state index in [0.717, 1.165) is 45.3 Å². The number of fused-ring (bicyclic) bond motifs is 5. The fourth-order valence-corrected chi connectivity index (χ4v) is 10.2. The zero-order chi connectivity index (χ0) is 28.5. The molecule has 0 spiro atoms. The quantitative estimate of drug-likeness (QED) is 0.470. The first kappa shape index (κ1) is 27.9. The minimum absolute atomic E-state index is 0.0216. The van der Waals surface area contributed by atoms with Gasteiger partial charge >= 0.3 is 0 Å². The standard InChI is InChI=1S/C32H48FN5O4/c33-23-13-21-29-31(28(23)35-8-12-36-9-3-4-10-36)42-27-14-20-19-5-1-2-6-25(19)41-26(20)15-24(27)38(29)17-22(30(21)39)32(40)37-11-7-18(34)16-37/h17-21,23-29,31,35H,1-16,34H2. The molecule has 8 aliphatic rings. The largest absolute Gasteiger partial charge is 0.374 e. The van der Waals surface area contributed by atoms with Crippen LogP contribution in [0.15, 0.2) is 11.8 Å². The third-order valence-corrected chi connectivity index (χ3v) is 12.2. The van der Waals surface area contributed by atoms with Crippen LogP contribution in [0.25, 0.3) is 0 Å². The second-order valence-electron chi connectivity index (χ2n) is 14.5. The monoisotopic (exact) mass is 585 g/mol. The Kier molecular flexibility index (Phi) is 7.37. The second kappa shape index (κ2) is 11.1. The Bertz CT molecular complexity index is 1100. The summed E-state index contributed by atoms with van der Waals surface area (Å²) in [5.74, 6) is 0.00158. The van der Waals surface area contributed by atoms with Gasteiger partial charge in [-0.2, -0.15) is 0 Å². The number of nitrogens with one attached hydrogen (secondary N) is 1. The lowest BCUT2D eigenvalue weighted by Gasteiger charge is -2.60. The zero-order valence-electron chi connectivity index (χ0n) is 24.7. The number of rotatable bonds is 5. The predicted molar refractivity (Wildman–Crippen MR) is 154 cm³/mol. The summed E-state index contributed by atoms with van der Waals surface area (Å²) >= 11 is 0. The molecule has 8 rings (SSSR count). The third-order valence-electron chi connectivity index (χ3n) is 12.2. The Morgan fingerprint density at radius 3 is 2.62 bits per heavy atom. The number of morpholine rings is 1. The Balaban J connectivity index is 1.10. The van der Waals surface area contributed by atoms with Crippen molar-refractivity contribution in [2.45, 2.75) is 119 Å². The van der Waals surface area contributed by atoms with Crippen molar-refractivity contribution in [3.8, 4) is 0 Å². The minimum atomic E-state index is -1.21. The molecule has 10 heteroatoms. The van der Waals surface area contributed by atoms with E-state index in [4.69, 9.17) is 15.2 Å². The molecule has 4 saturated heterocycles. The molecule has 3 saturated carbocycles. The van der Waals surface area contributed by atoms with Crippen LogP contribution in [-0.2, 0) is 19.1 Å². The molecule has 0 radical (unpaired) electrons. The van der Waals surface area contributed by atoms with Gasteiger partial charge in [0.1, 0.15) is 6.17 Å². The molecule has 0 bridgehead atoms. The molecule has 5 heterocycles. The molecule has 0 aromatic carbocycles. The summed E-state index contributed by atoms with van der Waals surface area (Å²) < 4.78 is 29.8. The average Bonchev–Trinajstić information content (AvgIpc) is 3.74. The van der Waals surface area contributed by atoms with Crippen LogP contribution < -0.4 is 11.1 Å². The molecule has 3 aliphatic carbocycles. The second-order valence-corrected chi connectivity index (χ2v) is 14.5. The normalized spacial score (nSPS) is 46.6. The van der Waals surface area contributed by atoms with Gasteiger partial charge in [0, 0.05) is 44.3 Å². The predicted octanol–water partition coefficient (Wildman–Crippen LogP) is 1.60. The number of hydrogen-bond acceptors (Lipinski definition) is 8. The first-order chi connectivity index (χ1) is 20.5. The molecule has 1 amide bonds. The molecule has 12 unspecified atom stereocenters. The lowest BCUT2D eigenvalue weighted by atomic mass is 9.67. The number of halogens is 1. The van der Waals surface area contributed by atoms with Crippen molar-refractivity contribution in [3.63, 3.8) is 0 Å². The number of likely N-dealkylation sites (tertiary alicyclic amines) is 2. The number of ketones is 1. The van der Waals surface area contributed by atoms with Crippen LogP contribution in [0.5, 0.6) is 0 Å². The Hall–Kier alpha value is -1.59. The van der Waals surface area contributed by atoms with E-state index in [1.54, 1.807) is 4.90 Å². The Labute approximate surface area is 248 Å².